The summed E-state index contributed by atoms with van der Waals surface area (Å²) in [4.78, 5) is 13.2. The summed E-state index contributed by atoms with van der Waals surface area (Å²) in [6.45, 7) is 3.83. The van der Waals surface area contributed by atoms with Gasteiger partial charge in [-0.3, -0.25) is 4.79 Å². The highest BCUT2D eigenvalue weighted by atomic mass is 16.3. The maximum Gasteiger partial charge on any atom is 0.222 e. The van der Waals surface area contributed by atoms with Crippen molar-refractivity contribution in [2.75, 3.05) is 19.7 Å². The van der Waals surface area contributed by atoms with E-state index in [1.54, 1.807) is 0 Å². The predicted octanol–water partition coefficient (Wildman–Crippen LogP) is 0.627. The molecule has 70 valence electrons. The van der Waals surface area contributed by atoms with Gasteiger partial charge < -0.3 is 10.0 Å². The van der Waals surface area contributed by atoms with Gasteiger partial charge in [0.25, 0.3) is 0 Å². The minimum Gasteiger partial charge on any atom is -0.396 e. The molecule has 1 N–H and O–H groups in total. The SMILES string of the molecule is CCCC(=O)N1CCC(CO)C1. The van der Waals surface area contributed by atoms with E-state index < -0.39 is 0 Å². The summed E-state index contributed by atoms with van der Waals surface area (Å²) >= 11 is 0. The molecule has 0 radical (unpaired) electrons. The highest BCUT2D eigenvalue weighted by Gasteiger charge is 2.24. The van der Waals surface area contributed by atoms with Gasteiger partial charge in [0.2, 0.25) is 5.91 Å². The summed E-state index contributed by atoms with van der Waals surface area (Å²) in [7, 11) is 0. The van der Waals surface area contributed by atoms with Crippen molar-refractivity contribution < 1.29 is 9.90 Å². The molecule has 0 aromatic rings. The van der Waals surface area contributed by atoms with Crippen LogP contribution in [0.15, 0.2) is 0 Å². The molecule has 0 aliphatic carbocycles. The van der Waals surface area contributed by atoms with Crippen LogP contribution in [-0.4, -0.2) is 35.6 Å². The third-order valence-corrected chi connectivity index (χ3v) is 2.36. The fourth-order valence-corrected chi connectivity index (χ4v) is 1.58. The van der Waals surface area contributed by atoms with E-state index in [4.69, 9.17) is 5.11 Å². The maximum absolute atomic E-state index is 11.4. The van der Waals surface area contributed by atoms with E-state index in [9.17, 15) is 4.79 Å². The number of amides is 1. The normalized spacial score (nSPS) is 23.2. The zero-order valence-corrected chi connectivity index (χ0v) is 7.62. The van der Waals surface area contributed by atoms with Crippen LogP contribution in [-0.2, 0) is 4.79 Å². The second-order valence-electron chi connectivity index (χ2n) is 3.43. The van der Waals surface area contributed by atoms with Gasteiger partial charge in [0, 0.05) is 32.0 Å². The lowest BCUT2D eigenvalue weighted by Crippen LogP contribution is -2.28. The molecule has 3 heteroatoms. The third-order valence-electron chi connectivity index (χ3n) is 2.36. The number of likely N-dealkylation sites (tertiary alicyclic amines) is 1. The Hall–Kier alpha value is -0.570. The first-order valence-corrected chi connectivity index (χ1v) is 4.66. The van der Waals surface area contributed by atoms with E-state index in [2.05, 4.69) is 0 Å². The van der Waals surface area contributed by atoms with Crippen LogP contribution in [0.2, 0.25) is 0 Å². The second-order valence-corrected chi connectivity index (χ2v) is 3.43. The number of aliphatic hydroxyl groups is 1. The standard InChI is InChI=1S/C9H17NO2/c1-2-3-9(12)10-5-4-8(6-10)7-11/h8,11H,2-7H2,1H3. The average Bonchev–Trinajstić information content (AvgIpc) is 2.52. The van der Waals surface area contributed by atoms with Crippen LogP contribution in [0.3, 0.4) is 0 Å². The number of carbonyl (C=O) groups excluding carboxylic acids is 1. The zero-order valence-electron chi connectivity index (χ0n) is 7.62. The fourth-order valence-electron chi connectivity index (χ4n) is 1.58. The third kappa shape index (κ3) is 2.21. The van der Waals surface area contributed by atoms with Crippen LogP contribution in [0.25, 0.3) is 0 Å². The van der Waals surface area contributed by atoms with Gasteiger partial charge in [-0.25, -0.2) is 0 Å². The highest BCUT2D eigenvalue weighted by molar-refractivity contribution is 5.76. The maximum atomic E-state index is 11.4. The van der Waals surface area contributed by atoms with E-state index in [1.807, 2.05) is 11.8 Å². The van der Waals surface area contributed by atoms with Gasteiger partial charge in [0.15, 0.2) is 0 Å². The smallest absolute Gasteiger partial charge is 0.222 e. The average molecular weight is 171 g/mol. The molecule has 1 atom stereocenters. The molecular formula is C9H17NO2. The van der Waals surface area contributed by atoms with Crippen LogP contribution >= 0.6 is 0 Å². The van der Waals surface area contributed by atoms with E-state index in [1.165, 1.54) is 0 Å². The molecule has 0 spiro atoms. The molecule has 3 nitrogen and oxygen atoms in total. The van der Waals surface area contributed by atoms with Crippen LogP contribution in [0, 0.1) is 5.92 Å². The molecule has 0 bridgehead atoms. The van der Waals surface area contributed by atoms with E-state index in [0.29, 0.717) is 12.3 Å². The Kier molecular flexibility index (Phi) is 3.53. The minimum absolute atomic E-state index is 0.218. The molecule has 1 rings (SSSR count). The van der Waals surface area contributed by atoms with Gasteiger partial charge in [-0.05, 0) is 12.8 Å². The Balaban J connectivity index is 2.31. The molecule has 1 unspecified atom stereocenters. The van der Waals surface area contributed by atoms with Crippen molar-refractivity contribution in [3.63, 3.8) is 0 Å². The van der Waals surface area contributed by atoms with Gasteiger partial charge in [0.1, 0.15) is 0 Å². The number of aliphatic hydroxyl groups excluding tert-OH is 1. The molecule has 0 saturated carbocycles. The molecule has 1 aliphatic rings. The van der Waals surface area contributed by atoms with Crippen molar-refractivity contribution in [1.82, 2.24) is 4.90 Å². The molecular weight excluding hydrogens is 154 g/mol. The first kappa shape index (κ1) is 9.52. The monoisotopic (exact) mass is 171 g/mol. The molecule has 1 aliphatic heterocycles. The van der Waals surface area contributed by atoms with E-state index in [-0.39, 0.29) is 12.5 Å². The minimum atomic E-state index is 0.218. The first-order chi connectivity index (χ1) is 5.77. The Morgan fingerprint density at radius 3 is 2.92 bits per heavy atom. The van der Waals surface area contributed by atoms with Crippen molar-refractivity contribution >= 4 is 5.91 Å². The van der Waals surface area contributed by atoms with Crippen LogP contribution < -0.4 is 0 Å². The molecule has 1 saturated heterocycles. The number of hydrogen-bond acceptors (Lipinski definition) is 2. The van der Waals surface area contributed by atoms with Crippen LogP contribution in [0.1, 0.15) is 26.2 Å². The summed E-state index contributed by atoms with van der Waals surface area (Å²) in [5, 5.41) is 8.86. The molecule has 0 aromatic carbocycles. The van der Waals surface area contributed by atoms with Crippen molar-refractivity contribution in [1.29, 1.82) is 0 Å². The lowest BCUT2D eigenvalue weighted by Gasteiger charge is -2.15. The first-order valence-electron chi connectivity index (χ1n) is 4.66. The quantitative estimate of drug-likeness (QED) is 0.676. The summed E-state index contributed by atoms with van der Waals surface area (Å²) in [6, 6.07) is 0. The van der Waals surface area contributed by atoms with Gasteiger partial charge in [-0.2, -0.15) is 0 Å². The molecule has 1 amide bonds. The molecule has 1 heterocycles. The summed E-state index contributed by atoms with van der Waals surface area (Å²) in [6.07, 6.45) is 2.53. The second kappa shape index (κ2) is 4.45. The van der Waals surface area contributed by atoms with Crippen molar-refractivity contribution in [2.45, 2.75) is 26.2 Å². The Morgan fingerprint density at radius 1 is 1.67 bits per heavy atom. The zero-order chi connectivity index (χ0) is 8.97. The van der Waals surface area contributed by atoms with Crippen molar-refractivity contribution in [3.8, 4) is 0 Å². The van der Waals surface area contributed by atoms with Gasteiger partial charge in [0.05, 0.1) is 0 Å². The Morgan fingerprint density at radius 2 is 2.42 bits per heavy atom. The fraction of sp³-hybridized carbons (Fsp3) is 0.889. The Bertz CT molecular complexity index is 159. The lowest BCUT2D eigenvalue weighted by atomic mass is 10.1. The summed E-state index contributed by atoms with van der Waals surface area (Å²) in [5.41, 5.74) is 0. The topological polar surface area (TPSA) is 40.5 Å². The number of nitrogens with zero attached hydrogens (tertiary/aromatic N) is 1. The number of rotatable bonds is 3. The molecule has 1 fully saturated rings. The largest absolute Gasteiger partial charge is 0.396 e. The summed E-state index contributed by atoms with van der Waals surface area (Å²) in [5.74, 6) is 0.569. The van der Waals surface area contributed by atoms with Gasteiger partial charge in [-0.15, -0.1) is 0 Å². The van der Waals surface area contributed by atoms with E-state index >= 15 is 0 Å². The van der Waals surface area contributed by atoms with E-state index in [0.717, 1.165) is 25.9 Å². The van der Waals surface area contributed by atoms with Gasteiger partial charge in [-0.1, -0.05) is 6.92 Å². The van der Waals surface area contributed by atoms with Crippen LogP contribution in [0.4, 0.5) is 0 Å². The highest BCUT2D eigenvalue weighted by Crippen LogP contribution is 2.16. The number of carbonyl (C=O) groups is 1. The van der Waals surface area contributed by atoms with Crippen molar-refractivity contribution in [2.24, 2.45) is 5.92 Å². The molecule has 0 aromatic heterocycles. The molecule has 12 heavy (non-hydrogen) atoms. The van der Waals surface area contributed by atoms with Crippen LogP contribution in [0.5, 0.6) is 0 Å². The summed E-state index contributed by atoms with van der Waals surface area (Å²) < 4.78 is 0. The van der Waals surface area contributed by atoms with Crippen molar-refractivity contribution in [3.05, 3.63) is 0 Å². The number of hydrogen-bond donors (Lipinski definition) is 1. The van der Waals surface area contributed by atoms with Gasteiger partial charge >= 0.3 is 0 Å². The lowest BCUT2D eigenvalue weighted by molar-refractivity contribution is -0.130. The predicted molar refractivity (Wildman–Crippen MR) is 46.7 cm³/mol. The Labute approximate surface area is 73.4 Å².